The fraction of sp³-hybridized carbons (Fsp3) is 1.00. The molecule has 1 N–H and O–H groups in total. The molecule has 1 saturated carbocycles. The maximum absolute atomic E-state index is 3.67. The molecule has 1 aliphatic heterocycles. The highest BCUT2D eigenvalue weighted by Gasteiger charge is 2.28. The number of nitrogens with one attached hydrogen (secondary N) is 1. The van der Waals surface area contributed by atoms with E-state index in [9.17, 15) is 0 Å². The minimum Gasteiger partial charge on any atom is -0.311 e. The quantitative estimate of drug-likeness (QED) is 0.765. The van der Waals surface area contributed by atoms with Gasteiger partial charge in [0.05, 0.1) is 0 Å². The van der Waals surface area contributed by atoms with Crippen LogP contribution in [0.2, 0.25) is 0 Å². The molecule has 1 saturated heterocycles. The molecule has 0 aromatic carbocycles. The van der Waals surface area contributed by atoms with E-state index in [2.05, 4.69) is 24.1 Å². The first kappa shape index (κ1) is 11.4. The van der Waals surface area contributed by atoms with Crippen molar-refractivity contribution in [2.24, 2.45) is 5.92 Å². The molecule has 1 heterocycles. The Balaban J connectivity index is 1.78. The van der Waals surface area contributed by atoms with Crippen molar-refractivity contribution in [3.8, 4) is 0 Å². The zero-order valence-electron chi connectivity index (χ0n) is 10.3. The third kappa shape index (κ3) is 2.94. The third-order valence-corrected chi connectivity index (χ3v) is 4.13. The van der Waals surface area contributed by atoms with Gasteiger partial charge in [0.1, 0.15) is 0 Å². The second kappa shape index (κ2) is 5.31. The van der Waals surface area contributed by atoms with Gasteiger partial charge < -0.3 is 5.32 Å². The number of nitrogens with zero attached hydrogens (tertiary/aromatic N) is 1. The van der Waals surface area contributed by atoms with E-state index < -0.39 is 0 Å². The molecule has 0 amide bonds. The normalized spacial score (nSPS) is 34.0. The van der Waals surface area contributed by atoms with E-state index in [-0.39, 0.29) is 0 Å². The first-order chi connectivity index (χ1) is 7.29. The molecular formula is C13H26N2. The van der Waals surface area contributed by atoms with Crippen molar-refractivity contribution >= 4 is 0 Å². The first-order valence-corrected chi connectivity index (χ1v) is 6.77. The number of hydrogen-bond donors (Lipinski definition) is 1. The molecule has 0 spiro atoms. The van der Waals surface area contributed by atoms with Crippen LogP contribution in [0.3, 0.4) is 0 Å². The SMILES string of the molecule is CCCC1CN(CC2CCC2)C(C)CN1. The Bertz CT molecular complexity index is 189. The smallest absolute Gasteiger partial charge is 0.0195 e. The summed E-state index contributed by atoms with van der Waals surface area (Å²) in [5.74, 6) is 1.02. The lowest BCUT2D eigenvalue weighted by molar-refractivity contribution is 0.0948. The Morgan fingerprint density at radius 2 is 2.13 bits per heavy atom. The molecule has 88 valence electrons. The molecule has 2 fully saturated rings. The summed E-state index contributed by atoms with van der Waals surface area (Å²) in [5, 5.41) is 3.67. The van der Waals surface area contributed by atoms with Crippen LogP contribution in [0.15, 0.2) is 0 Å². The standard InChI is InChI=1S/C13H26N2/c1-3-5-13-10-15(11(2)8-14-13)9-12-6-4-7-12/h11-14H,3-10H2,1-2H3. The van der Waals surface area contributed by atoms with Crippen LogP contribution in [0.4, 0.5) is 0 Å². The van der Waals surface area contributed by atoms with Gasteiger partial charge in [-0.25, -0.2) is 0 Å². The van der Waals surface area contributed by atoms with E-state index >= 15 is 0 Å². The minimum absolute atomic E-state index is 0.749. The number of piperazine rings is 1. The predicted octanol–water partition coefficient (Wildman–Crippen LogP) is 2.25. The Hall–Kier alpha value is -0.0800. The van der Waals surface area contributed by atoms with Crippen molar-refractivity contribution in [1.29, 1.82) is 0 Å². The average Bonchev–Trinajstić information content (AvgIpc) is 2.16. The van der Waals surface area contributed by atoms with Gasteiger partial charge in [-0.3, -0.25) is 4.90 Å². The van der Waals surface area contributed by atoms with E-state index in [1.54, 1.807) is 0 Å². The molecule has 1 aliphatic carbocycles. The summed E-state index contributed by atoms with van der Waals surface area (Å²) < 4.78 is 0. The van der Waals surface area contributed by atoms with Gasteiger partial charge in [0.2, 0.25) is 0 Å². The third-order valence-electron chi connectivity index (χ3n) is 4.13. The number of hydrogen-bond acceptors (Lipinski definition) is 2. The Morgan fingerprint density at radius 3 is 2.73 bits per heavy atom. The average molecular weight is 210 g/mol. The highest BCUT2D eigenvalue weighted by molar-refractivity contribution is 4.86. The van der Waals surface area contributed by atoms with Gasteiger partial charge in [0.15, 0.2) is 0 Å². The molecule has 0 radical (unpaired) electrons. The van der Waals surface area contributed by atoms with Gasteiger partial charge in [-0.15, -0.1) is 0 Å². The monoisotopic (exact) mass is 210 g/mol. The minimum atomic E-state index is 0.749. The predicted molar refractivity (Wildman–Crippen MR) is 65.1 cm³/mol. The first-order valence-electron chi connectivity index (χ1n) is 6.77. The van der Waals surface area contributed by atoms with Crippen molar-refractivity contribution in [3.05, 3.63) is 0 Å². The van der Waals surface area contributed by atoms with E-state index in [1.165, 1.54) is 51.7 Å². The van der Waals surface area contributed by atoms with E-state index in [0.29, 0.717) is 0 Å². The molecule has 2 atom stereocenters. The largest absolute Gasteiger partial charge is 0.311 e. The molecule has 0 aromatic rings. The van der Waals surface area contributed by atoms with Crippen LogP contribution in [-0.4, -0.2) is 36.6 Å². The van der Waals surface area contributed by atoms with Crippen LogP contribution in [0.1, 0.15) is 46.0 Å². The van der Waals surface area contributed by atoms with E-state index in [1.807, 2.05) is 0 Å². The van der Waals surface area contributed by atoms with Crippen molar-refractivity contribution in [2.45, 2.75) is 58.0 Å². The molecule has 2 rings (SSSR count). The second-order valence-corrected chi connectivity index (χ2v) is 5.49. The summed E-state index contributed by atoms with van der Waals surface area (Å²) in [6.07, 6.45) is 7.09. The van der Waals surface area contributed by atoms with Crippen LogP contribution < -0.4 is 5.32 Å². The van der Waals surface area contributed by atoms with Crippen LogP contribution >= 0.6 is 0 Å². The van der Waals surface area contributed by atoms with Crippen LogP contribution in [0.25, 0.3) is 0 Å². The zero-order valence-corrected chi connectivity index (χ0v) is 10.3. The summed E-state index contributed by atoms with van der Waals surface area (Å²) in [6, 6.07) is 1.50. The van der Waals surface area contributed by atoms with E-state index in [0.717, 1.165) is 18.0 Å². The van der Waals surface area contributed by atoms with Crippen molar-refractivity contribution in [3.63, 3.8) is 0 Å². The molecule has 2 unspecified atom stereocenters. The molecule has 15 heavy (non-hydrogen) atoms. The van der Waals surface area contributed by atoms with Gasteiger partial charge in [-0.1, -0.05) is 19.8 Å². The van der Waals surface area contributed by atoms with Gasteiger partial charge in [0, 0.05) is 31.7 Å². The fourth-order valence-corrected chi connectivity index (χ4v) is 2.80. The lowest BCUT2D eigenvalue weighted by atomic mass is 9.84. The fourth-order valence-electron chi connectivity index (χ4n) is 2.80. The Morgan fingerprint density at radius 1 is 1.33 bits per heavy atom. The maximum Gasteiger partial charge on any atom is 0.0195 e. The molecule has 2 nitrogen and oxygen atoms in total. The van der Waals surface area contributed by atoms with Crippen molar-refractivity contribution < 1.29 is 0 Å². The topological polar surface area (TPSA) is 15.3 Å². The summed E-state index contributed by atoms with van der Waals surface area (Å²) in [6.45, 7) is 8.50. The summed E-state index contributed by atoms with van der Waals surface area (Å²) in [7, 11) is 0. The molecule has 0 bridgehead atoms. The lowest BCUT2D eigenvalue weighted by Gasteiger charge is -2.42. The van der Waals surface area contributed by atoms with Crippen LogP contribution in [0, 0.1) is 5.92 Å². The second-order valence-electron chi connectivity index (χ2n) is 5.49. The Kier molecular flexibility index (Phi) is 4.04. The van der Waals surface area contributed by atoms with Crippen LogP contribution in [0.5, 0.6) is 0 Å². The summed E-state index contributed by atoms with van der Waals surface area (Å²) in [4.78, 5) is 2.72. The molecule has 2 aliphatic rings. The van der Waals surface area contributed by atoms with Gasteiger partial charge in [-0.2, -0.15) is 0 Å². The van der Waals surface area contributed by atoms with Crippen molar-refractivity contribution in [2.75, 3.05) is 19.6 Å². The molecule has 0 aromatic heterocycles. The van der Waals surface area contributed by atoms with E-state index in [4.69, 9.17) is 0 Å². The zero-order chi connectivity index (χ0) is 10.7. The molecule has 2 heteroatoms. The van der Waals surface area contributed by atoms with Gasteiger partial charge >= 0.3 is 0 Å². The van der Waals surface area contributed by atoms with Gasteiger partial charge in [-0.05, 0) is 32.1 Å². The number of rotatable bonds is 4. The summed E-state index contributed by atoms with van der Waals surface area (Å²) >= 11 is 0. The van der Waals surface area contributed by atoms with Gasteiger partial charge in [0.25, 0.3) is 0 Å². The summed E-state index contributed by atoms with van der Waals surface area (Å²) in [5.41, 5.74) is 0. The highest BCUT2D eigenvalue weighted by Crippen LogP contribution is 2.28. The molecular weight excluding hydrogens is 184 g/mol. The van der Waals surface area contributed by atoms with Crippen molar-refractivity contribution in [1.82, 2.24) is 10.2 Å². The maximum atomic E-state index is 3.67. The highest BCUT2D eigenvalue weighted by atomic mass is 15.2. The lowest BCUT2D eigenvalue weighted by Crippen LogP contribution is -2.56. The Labute approximate surface area is 94.4 Å². The van der Waals surface area contributed by atoms with Crippen LogP contribution in [-0.2, 0) is 0 Å².